The third-order valence-electron chi connectivity index (χ3n) is 1.24. The molecule has 0 aromatic heterocycles. The van der Waals surface area contributed by atoms with Crippen molar-refractivity contribution in [3.63, 3.8) is 0 Å². The minimum atomic E-state index is -4.09. The maximum atomic E-state index is 12.2. The molecule has 0 heterocycles. The normalized spacial score (nSPS) is 11.8. The molecule has 0 radical (unpaired) electrons. The van der Waals surface area contributed by atoms with Crippen LogP contribution in [0.3, 0.4) is 0 Å². The Balaban J connectivity index is 3.70. The Labute approximate surface area is 72.5 Å². The van der Waals surface area contributed by atoms with E-state index in [-0.39, 0.29) is 0 Å². The summed E-state index contributed by atoms with van der Waals surface area (Å²) in [5.41, 5.74) is 0. The lowest BCUT2D eigenvalue weighted by Gasteiger charge is -2.15. The molecule has 0 saturated carbocycles. The Morgan fingerprint density at radius 1 is 1.46 bits per heavy atom. The second-order valence-electron chi connectivity index (χ2n) is 2.34. The zero-order valence-corrected chi connectivity index (χ0v) is 6.91. The second-order valence-corrected chi connectivity index (χ2v) is 2.34. The summed E-state index contributed by atoms with van der Waals surface area (Å²) in [6, 6.07) is 0. The maximum absolute atomic E-state index is 12.2. The van der Waals surface area contributed by atoms with Crippen molar-refractivity contribution in [1.29, 1.82) is 0 Å². The number of halogens is 4. The molecular weight excluding hydrogens is 192 g/mol. The Bertz CT molecular complexity index is 174. The van der Waals surface area contributed by atoms with Gasteiger partial charge in [-0.05, 0) is 0 Å². The molecular formula is C6H10F4N2O. The van der Waals surface area contributed by atoms with Gasteiger partial charge >= 0.3 is 12.3 Å². The fourth-order valence-corrected chi connectivity index (χ4v) is 0.508. The van der Waals surface area contributed by atoms with Gasteiger partial charge < -0.3 is 10.6 Å². The minimum Gasteiger partial charge on any atom is -0.358 e. The lowest BCUT2D eigenvalue weighted by molar-refractivity contribution is -0.128. The Hall–Kier alpha value is -0.850. The van der Waals surface area contributed by atoms with Crippen LogP contribution in [0, 0.1) is 0 Å². The highest BCUT2D eigenvalue weighted by Crippen LogP contribution is 2.21. The molecule has 0 unspecified atom stereocenters. The molecule has 0 aliphatic rings. The molecule has 0 aromatic carbocycles. The fourth-order valence-electron chi connectivity index (χ4n) is 0.508. The van der Waals surface area contributed by atoms with E-state index >= 15 is 0 Å². The SMILES string of the molecule is CNC(=O)CNCC(F)(F)C(F)F. The molecule has 0 aromatic rings. The van der Waals surface area contributed by atoms with Crippen LogP contribution in [0.4, 0.5) is 17.6 Å². The number of nitrogens with one attached hydrogen (secondary N) is 2. The first kappa shape index (κ1) is 12.2. The van der Waals surface area contributed by atoms with E-state index < -0.39 is 31.3 Å². The van der Waals surface area contributed by atoms with Gasteiger partial charge in [0.1, 0.15) is 0 Å². The summed E-state index contributed by atoms with van der Waals surface area (Å²) in [7, 11) is 1.31. The van der Waals surface area contributed by atoms with E-state index in [1.165, 1.54) is 7.05 Å². The van der Waals surface area contributed by atoms with E-state index in [1.54, 1.807) is 0 Å². The monoisotopic (exact) mass is 202 g/mol. The highest BCUT2D eigenvalue weighted by Gasteiger charge is 2.40. The molecule has 0 fully saturated rings. The smallest absolute Gasteiger partial charge is 0.319 e. The third-order valence-corrected chi connectivity index (χ3v) is 1.24. The van der Waals surface area contributed by atoms with Crippen molar-refractivity contribution in [2.75, 3.05) is 20.1 Å². The van der Waals surface area contributed by atoms with Crippen LogP contribution in [0.25, 0.3) is 0 Å². The molecule has 13 heavy (non-hydrogen) atoms. The summed E-state index contributed by atoms with van der Waals surface area (Å²) >= 11 is 0. The molecule has 0 bridgehead atoms. The number of hydrogen-bond donors (Lipinski definition) is 2. The Morgan fingerprint density at radius 2 is 2.00 bits per heavy atom. The van der Waals surface area contributed by atoms with Crippen molar-refractivity contribution < 1.29 is 22.4 Å². The fraction of sp³-hybridized carbons (Fsp3) is 0.833. The quantitative estimate of drug-likeness (QED) is 0.626. The number of alkyl halides is 4. The number of rotatable bonds is 5. The lowest BCUT2D eigenvalue weighted by atomic mass is 10.3. The summed E-state index contributed by atoms with van der Waals surface area (Å²) in [5, 5.41) is 4.06. The van der Waals surface area contributed by atoms with Gasteiger partial charge in [-0.15, -0.1) is 0 Å². The van der Waals surface area contributed by atoms with Gasteiger partial charge in [0.15, 0.2) is 0 Å². The predicted molar refractivity (Wildman–Crippen MR) is 37.9 cm³/mol. The van der Waals surface area contributed by atoms with Crippen molar-refractivity contribution in [1.82, 2.24) is 10.6 Å². The average molecular weight is 202 g/mol. The molecule has 0 saturated heterocycles. The molecule has 1 amide bonds. The van der Waals surface area contributed by atoms with Crippen LogP contribution >= 0.6 is 0 Å². The molecule has 0 spiro atoms. The van der Waals surface area contributed by atoms with Crippen molar-refractivity contribution in [2.24, 2.45) is 0 Å². The van der Waals surface area contributed by atoms with Gasteiger partial charge in [-0.1, -0.05) is 0 Å². The first-order chi connectivity index (χ1) is 5.90. The van der Waals surface area contributed by atoms with E-state index in [0.717, 1.165) is 0 Å². The van der Waals surface area contributed by atoms with Crippen LogP contribution in [0.5, 0.6) is 0 Å². The van der Waals surface area contributed by atoms with Gasteiger partial charge in [-0.3, -0.25) is 4.79 Å². The van der Waals surface area contributed by atoms with Crippen LogP contribution in [-0.2, 0) is 4.79 Å². The molecule has 2 N–H and O–H groups in total. The summed E-state index contributed by atoms with van der Waals surface area (Å²) in [6.45, 7) is -1.61. The van der Waals surface area contributed by atoms with E-state index in [1.807, 2.05) is 5.32 Å². The van der Waals surface area contributed by atoms with E-state index in [9.17, 15) is 22.4 Å². The van der Waals surface area contributed by atoms with E-state index in [4.69, 9.17) is 0 Å². The average Bonchev–Trinajstić information content (AvgIpc) is 2.03. The van der Waals surface area contributed by atoms with Gasteiger partial charge in [0, 0.05) is 7.05 Å². The Kier molecular flexibility index (Phi) is 4.68. The first-order valence-electron chi connectivity index (χ1n) is 3.47. The summed E-state index contributed by atoms with van der Waals surface area (Å²) in [4.78, 5) is 10.5. The van der Waals surface area contributed by atoms with Crippen LogP contribution in [0.1, 0.15) is 0 Å². The summed E-state index contributed by atoms with van der Waals surface area (Å²) in [6.07, 6.45) is -3.72. The van der Waals surface area contributed by atoms with Crippen molar-refractivity contribution in [3.05, 3.63) is 0 Å². The molecule has 78 valence electrons. The van der Waals surface area contributed by atoms with Gasteiger partial charge in [0.25, 0.3) is 0 Å². The zero-order chi connectivity index (χ0) is 10.5. The largest absolute Gasteiger partial charge is 0.358 e. The van der Waals surface area contributed by atoms with Gasteiger partial charge in [-0.2, -0.15) is 8.78 Å². The van der Waals surface area contributed by atoms with Crippen LogP contribution < -0.4 is 10.6 Å². The predicted octanol–water partition coefficient (Wildman–Crippen LogP) is 0.222. The number of carbonyl (C=O) groups is 1. The van der Waals surface area contributed by atoms with Gasteiger partial charge in [-0.25, -0.2) is 8.78 Å². The molecule has 0 rings (SSSR count). The zero-order valence-electron chi connectivity index (χ0n) is 6.91. The van der Waals surface area contributed by atoms with Gasteiger partial charge in [0.2, 0.25) is 5.91 Å². The van der Waals surface area contributed by atoms with Gasteiger partial charge in [0.05, 0.1) is 13.1 Å². The van der Waals surface area contributed by atoms with Crippen molar-refractivity contribution in [2.45, 2.75) is 12.3 Å². The van der Waals surface area contributed by atoms with Crippen molar-refractivity contribution in [3.8, 4) is 0 Å². The van der Waals surface area contributed by atoms with E-state index in [0.29, 0.717) is 0 Å². The first-order valence-corrected chi connectivity index (χ1v) is 3.47. The minimum absolute atomic E-state index is 0.404. The summed E-state index contributed by atoms with van der Waals surface area (Å²) < 4.78 is 47.4. The van der Waals surface area contributed by atoms with Crippen LogP contribution in [0.2, 0.25) is 0 Å². The standard InChI is InChI=1S/C6H10F4N2O/c1-11-4(13)2-12-3-6(9,10)5(7)8/h5,12H,2-3H2,1H3,(H,11,13). The van der Waals surface area contributed by atoms with Crippen LogP contribution in [0.15, 0.2) is 0 Å². The molecule has 3 nitrogen and oxygen atoms in total. The molecule has 0 aliphatic heterocycles. The lowest BCUT2D eigenvalue weighted by Crippen LogP contribution is -2.42. The second kappa shape index (κ2) is 5.00. The van der Waals surface area contributed by atoms with Crippen molar-refractivity contribution >= 4 is 5.91 Å². The number of amides is 1. The molecule has 7 heteroatoms. The molecule has 0 atom stereocenters. The van der Waals surface area contributed by atoms with Crippen LogP contribution in [-0.4, -0.2) is 38.4 Å². The third kappa shape index (κ3) is 4.66. The number of carbonyl (C=O) groups excluding carboxylic acids is 1. The topological polar surface area (TPSA) is 41.1 Å². The highest BCUT2D eigenvalue weighted by atomic mass is 19.3. The maximum Gasteiger partial charge on any atom is 0.319 e. The number of hydrogen-bond acceptors (Lipinski definition) is 2. The summed E-state index contributed by atoms with van der Waals surface area (Å²) in [5.74, 6) is -4.63. The highest BCUT2D eigenvalue weighted by molar-refractivity contribution is 5.77. The van der Waals surface area contributed by atoms with E-state index in [2.05, 4.69) is 5.32 Å². The Morgan fingerprint density at radius 3 is 2.38 bits per heavy atom. The molecule has 0 aliphatic carbocycles. The number of likely N-dealkylation sites (N-methyl/N-ethyl adjacent to an activating group) is 1.